The second-order valence-electron chi connectivity index (χ2n) is 6.93. The van der Waals surface area contributed by atoms with Crippen molar-refractivity contribution in [3.8, 4) is 5.75 Å². The molecule has 1 aliphatic heterocycles. The molecule has 130 valence electrons. The minimum absolute atomic E-state index is 0.348. The Bertz CT molecular complexity index is 633. The van der Waals surface area contributed by atoms with E-state index in [4.69, 9.17) is 9.26 Å². The normalized spacial score (nSPS) is 18.4. The third-order valence-electron chi connectivity index (χ3n) is 4.61. The molecular formula is C20H28N2O2. The Labute approximate surface area is 144 Å². The van der Waals surface area contributed by atoms with Gasteiger partial charge < -0.3 is 9.26 Å². The lowest BCUT2D eigenvalue weighted by molar-refractivity contribution is 0.206. The number of nitrogens with zero attached hydrogens (tertiary/aromatic N) is 2. The van der Waals surface area contributed by atoms with Crippen LogP contribution in [0.15, 0.2) is 34.9 Å². The van der Waals surface area contributed by atoms with E-state index in [1.54, 1.807) is 0 Å². The van der Waals surface area contributed by atoms with E-state index < -0.39 is 0 Å². The van der Waals surface area contributed by atoms with E-state index >= 15 is 0 Å². The highest BCUT2D eigenvalue weighted by molar-refractivity contribution is 5.27. The van der Waals surface area contributed by atoms with Gasteiger partial charge in [0.2, 0.25) is 0 Å². The molecule has 2 heterocycles. The van der Waals surface area contributed by atoms with Crippen LogP contribution < -0.4 is 4.74 Å². The zero-order valence-electron chi connectivity index (χ0n) is 15.0. The molecule has 0 amide bonds. The summed E-state index contributed by atoms with van der Waals surface area (Å²) in [4.78, 5) is 2.49. The Balaban J connectivity index is 1.65. The van der Waals surface area contributed by atoms with Gasteiger partial charge in [-0.15, -0.1) is 0 Å². The Hall–Kier alpha value is -1.81. The van der Waals surface area contributed by atoms with E-state index in [0.29, 0.717) is 12.0 Å². The molecule has 1 fully saturated rings. The first-order valence-corrected chi connectivity index (χ1v) is 9.09. The number of hydrogen-bond acceptors (Lipinski definition) is 4. The van der Waals surface area contributed by atoms with Crippen LogP contribution >= 0.6 is 0 Å². The van der Waals surface area contributed by atoms with Crippen molar-refractivity contribution in [3.63, 3.8) is 0 Å². The lowest BCUT2D eigenvalue weighted by Crippen LogP contribution is -2.22. The molecule has 4 heteroatoms. The summed E-state index contributed by atoms with van der Waals surface area (Å²) >= 11 is 0. The average molecular weight is 328 g/mol. The van der Waals surface area contributed by atoms with Crippen LogP contribution in [0.5, 0.6) is 5.75 Å². The average Bonchev–Trinajstić information content (AvgIpc) is 3.23. The van der Waals surface area contributed by atoms with Gasteiger partial charge in [0.25, 0.3) is 0 Å². The van der Waals surface area contributed by atoms with Gasteiger partial charge in [-0.2, -0.15) is 0 Å². The lowest BCUT2D eigenvalue weighted by Gasteiger charge is -2.22. The molecule has 0 radical (unpaired) electrons. The highest BCUT2D eigenvalue weighted by atomic mass is 16.5. The van der Waals surface area contributed by atoms with E-state index in [-0.39, 0.29) is 0 Å². The number of rotatable bonds is 7. The van der Waals surface area contributed by atoms with Gasteiger partial charge in [0.05, 0.1) is 18.3 Å². The molecule has 3 rings (SSSR count). The van der Waals surface area contributed by atoms with Gasteiger partial charge in [-0.1, -0.05) is 38.1 Å². The number of hydrogen-bond donors (Lipinski definition) is 0. The predicted molar refractivity (Wildman–Crippen MR) is 95.2 cm³/mol. The van der Waals surface area contributed by atoms with Crippen LogP contribution in [0.25, 0.3) is 0 Å². The summed E-state index contributed by atoms with van der Waals surface area (Å²) in [6.45, 7) is 9.24. The van der Waals surface area contributed by atoms with Crippen molar-refractivity contribution in [1.29, 1.82) is 0 Å². The molecule has 0 aliphatic carbocycles. The molecule has 2 aromatic rings. The van der Waals surface area contributed by atoms with E-state index in [2.05, 4.69) is 61.2 Å². The summed E-state index contributed by atoms with van der Waals surface area (Å²) in [6.07, 6.45) is 3.39. The maximum Gasteiger partial charge on any atom is 0.154 e. The van der Waals surface area contributed by atoms with Crippen molar-refractivity contribution < 1.29 is 9.26 Å². The summed E-state index contributed by atoms with van der Waals surface area (Å²) in [5, 5.41) is 4.22. The first-order valence-electron chi connectivity index (χ1n) is 9.09. The first-order chi connectivity index (χ1) is 11.7. The fraction of sp³-hybridized carbons (Fsp3) is 0.550. The van der Waals surface area contributed by atoms with Gasteiger partial charge >= 0.3 is 0 Å². The zero-order valence-corrected chi connectivity index (χ0v) is 15.0. The Morgan fingerprint density at radius 2 is 2.08 bits per heavy atom. The largest absolute Gasteiger partial charge is 0.494 e. The molecule has 24 heavy (non-hydrogen) atoms. The van der Waals surface area contributed by atoms with E-state index in [1.807, 2.05) is 0 Å². The van der Waals surface area contributed by atoms with Crippen molar-refractivity contribution in [2.24, 2.45) is 0 Å². The van der Waals surface area contributed by atoms with Gasteiger partial charge in [-0.05, 0) is 49.4 Å². The van der Waals surface area contributed by atoms with Crippen LogP contribution in [0.1, 0.15) is 69.0 Å². The maximum atomic E-state index is 5.66. The summed E-state index contributed by atoms with van der Waals surface area (Å²) in [7, 11) is 0. The molecule has 1 aromatic carbocycles. The molecule has 4 nitrogen and oxygen atoms in total. The molecule has 1 aliphatic rings. The summed E-state index contributed by atoms with van der Waals surface area (Å²) in [5.41, 5.74) is 2.36. The SMILES string of the molecule is CCCOc1ccc(CN2CCCC2c2cc(C(C)C)no2)cc1. The fourth-order valence-electron chi connectivity index (χ4n) is 3.22. The molecule has 0 saturated carbocycles. The topological polar surface area (TPSA) is 38.5 Å². The zero-order chi connectivity index (χ0) is 16.9. The number of ether oxygens (including phenoxy) is 1. The van der Waals surface area contributed by atoms with Gasteiger partial charge in [0, 0.05) is 12.6 Å². The summed E-state index contributed by atoms with van der Waals surface area (Å²) < 4.78 is 11.3. The van der Waals surface area contributed by atoms with Gasteiger partial charge in [0.15, 0.2) is 5.76 Å². The third-order valence-corrected chi connectivity index (χ3v) is 4.61. The predicted octanol–water partition coefficient (Wildman–Crippen LogP) is 4.92. The second kappa shape index (κ2) is 7.84. The fourth-order valence-corrected chi connectivity index (χ4v) is 3.22. The second-order valence-corrected chi connectivity index (χ2v) is 6.93. The Morgan fingerprint density at radius 1 is 1.29 bits per heavy atom. The van der Waals surface area contributed by atoms with Crippen LogP contribution in [0, 0.1) is 0 Å². The van der Waals surface area contributed by atoms with Crippen LogP contribution in [-0.4, -0.2) is 23.2 Å². The highest BCUT2D eigenvalue weighted by Gasteiger charge is 2.29. The minimum Gasteiger partial charge on any atom is -0.494 e. The highest BCUT2D eigenvalue weighted by Crippen LogP contribution is 2.34. The molecule has 1 saturated heterocycles. The standard InChI is InChI=1S/C20H28N2O2/c1-4-12-23-17-9-7-16(8-10-17)14-22-11-5-6-19(22)20-13-18(15(2)3)21-24-20/h7-10,13,15,19H,4-6,11-12,14H2,1-3H3. The molecule has 1 unspecified atom stereocenters. The van der Waals surface area contributed by atoms with Crippen LogP contribution in [0.4, 0.5) is 0 Å². The number of likely N-dealkylation sites (tertiary alicyclic amines) is 1. The monoisotopic (exact) mass is 328 g/mol. The van der Waals surface area contributed by atoms with Crippen molar-refractivity contribution >= 4 is 0 Å². The van der Waals surface area contributed by atoms with Gasteiger partial charge in [-0.3, -0.25) is 4.90 Å². The van der Waals surface area contributed by atoms with Gasteiger partial charge in [-0.25, -0.2) is 0 Å². The van der Waals surface area contributed by atoms with Crippen molar-refractivity contribution in [2.45, 2.75) is 58.5 Å². The summed E-state index contributed by atoms with van der Waals surface area (Å²) in [5.74, 6) is 2.38. The minimum atomic E-state index is 0.348. The number of aromatic nitrogens is 1. The number of benzene rings is 1. The molecule has 0 N–H and O–H groups in total. The van der Waals surface area contributed by atoms with Crippen molar-refractivity contribution in [3.05, 3.63) is 47.3 Å². The van der Waals surface area contributed by atoms with E-state index in [9.17, 15) is 0 Å². The van der Waals surface area contributed by atoms with Crippen LogP contribution in [0.3, 0.4) is 0 Å². The third kappa shape index (κ3) is 3.99. The molecule has 0 bridgehead atoms. The molecule has 1 atom stereocenters. The summed E-state index contributed by atoms with van der Waals surface area (Å²) in [6, 6.07) is 11.0. The first kappa shape index (κ1) is 17.0. The smallest absolute Gasteiger partial charge is 0.154 e. The quantitative estimate of drug-likeness (QED) is 0.723. The Kier molecular flexibility index (Phi) is 5.56. The van der Waals surface area contributed by atoms with Gasteiger partial charge in [0.1, 0.15) is 5.75 Å². The maximum absolute atomic E-state index is 5.66. The Morgan fingerprint density at radius 3 is 2.75 bits per heavy atom. The lowest BCUT2D eigenvalue weighted by atomic mass is 10.1. The van der Waals surface area contributed by atoms with Crippen molar-refractivity contribution in [1.82, 2.24) is 10.1 Å². The molecule has 0 spiro atoms. The van der Waals surface area contributed by atoms with E-state index in [1.165, 1.54) is 12.0 Å². The van der Waals surface area contributed by atoms with Crippen molar-refractivity contribution in [2.75, 3.05) is 13.2 Å². The van der Waals surface area contributed by atoms with Crippen LogP contribution in [0.2, 0.25) is 0 Å². The van der Waals surface area contributed by atoms with Crippen LogP contribution in [-0.2, 0) is 6.54 Å². The van der Waals surface area contributed by atoms with E-state index in [0.717, 1.165) is 49.7 Å². The molecular weight excluding hydrogens is 300 g/mol. The molecule has 1 aromatic heterocycles.